The molecule has 0 spiro atoms. The third-order valence-corrected chi connectivity index (χ3v) is 4.68. The highest BCUT2D eigenvalue weighted by Crippen LogP contribution is 2.21. The summed E-state index contributed by atoms with van der Waals surface area (Å²) in [5, 5.41) is 3.43. The van der Waals surface area contributed by atoms with Gasteiger partial charge < -0.3 is 15.0 Å². The molecule has 4 heteroatoms. The molecule has 0 radical (unpaired) electrons. The fourth-order valence-corrected chi connectivity index (χ4v) is 3.36. The maximum Gasteiger partial charge on any atom is 0.0701 e. The largest absolute Gasteiger partial charge is 0.377 e. The van der Waals surface area contributed by atoms with Gasteiger partial charge in [0, 0.05) is 23.7 Å². The zero-order valence-corrected chi connectivity index (χ0v) is 14.7. The lowest BCUT2D eigenvalue weighted by Gasteiger charge is -2.28. The molecule has 1 fully saturated rings. The van der Waals surface area contributed by atoms with Crippen molar-refractivity contribution in [3.05, 3.63) is 34.3 Å². The quantitative estimate of drug-likeness (QED) is 0.809. The van der Waals surface area contributed by atoms with E-state index in [4.69, 9.17) is 4.74 Å². The van der Waals surface area contributed by atoms with E-state index >= 15 is 0 Å². The summed E-state index contributed by atoms with van der Waals surface area (Å²) in [6.45, 7) is 3.07. The SMILES string of the molecule is CNC(CCN(C)CC1CCCCO1)c1cccc(Br)c1. The van der Waals surface area contributed by atoms with Crippen molar-refractivity contribution in [3.8, 4) is 0 Å². The highest BCUT2D eigenvalue weighted by Gasteiger charge is 2.17. The molecule has 0 saturated carbocycles. The first-order valence-corrected chi connectivity index (χ1v) is 8.71. The normalized spacial score (nSPS) is 20.7. The Morgan fingerprint density at radius 2 is 2.29 bits per heavy atom. The molecule has 21 heavy (non-hydrogen) atoms. The van der Waals surface area contributed by atoms with Gasteiger partial charge in [0.25, 0.3) is 0 Å². The predicted octanol–water partition coefficient (Wildman–Crippen LogP) is 3.60. The fraction of sp³-hybridized carbons (Fsp3) is 0.647. The van der Waals surface area contributed by atoms with Gasteiger partial charge in [-0.3, -0.25) is 0 Å². The first kappa shape index (κ1) is 16.9. The molecular formula is C17H27BrN2O. The Bertz CT molecular complexity index is 421. The van der Waals surface area contributed by atoms with Gasteiger partial charge in [0.1, 0.15) is 0 Å². The highest BCUT2D eigenvalue weighted by atomic mass is 79.9. The van der Waals surface area contributed by atoms with E-state index in [1.54, 1.807) is 0 Å². The minimum atomic E-state index is 0.400. The Hall–Kier alpha value is -0.420. The molecule has 0 aromatic heterocycles. The molecule has 1 saturated heterocycles. The second-order valence-electron chi connectivity index (χ2n) is 5.94. The maximum atomic E-state index is 5.82. The van der Waals surface area contributed by atoms with Gasteiger partial charge in [0.15, 0.2) is 0 Å². The second-order valence-corrected chi connectivity index (χ2v) is 6.85. The Balaban J connectivity index is 1.79. The van der Waals surface area contributed by atoms with E-state index in [0.29, 0.717) is 12.1 Å². The van der Waals surface area contributed by atoms with Crippen LogP contribution >= 0.6 is 15.9 Å². The van der Waals surface area contributed by atoms with Crippen LogP contribution in [0.1, 0.15) is 37.3 Å². The number of hydrogen-bond acceptors (Lipinski definition) is 3. The van der Waals surface area contributed by atoms with E-state index in [-0.39, 0.29) is 0 Å². The van der Waals surface area contributed by atoms with Crippen molar-refractivity contribution < 1.29 is 4.74 Å². The lowest BCUT2D eigenvalue weighted by Crippen LogP contribution is -2.35. The summed E-state index contributed by atoms with van der Waals surface area (Å²) < 4.78 is 6.96. The smallest absolute Gasteiger partial charge is 0.0701 e. The summed E-state index contributed by atoms with van der Waals surface area (Å²) in [6.07, 6.45) is 5.30. The number of hydrogen-bond donors (Lipinski definition) is 1. The molecule has 1 aliphatic rings. The van der Waals surface area contributed by atoms with E-state index in [9.17, 15) is 0 Å². The Labute approximate surface area is 137 Å². The van der Waals surface area contributed by atoms with Gasteiger partial charge in [-0.1, -0.05) is 28.1 Å². The molecule has 1 aromatic rings. The van der Waals surface area contributed by atoms with Crippen molar-refractivity contribution in [2.45, 2.75) is 37.8 Å². The summed E-state index contributed by atoms with van der Waals surface area (Å²) in [7, 11) is 4.24. The van der Waals surface area contributed by atoms with Gasteiger partial charge in [-0.05, 0) is 64.0 Å². The lowest BCUT2D eigenvalue weighted by molar-refractivity contribution is -0.00184. The lowest BCUT2D eigenvalue weighted by atomic mass is 10.0. The number of likely N-dealkylation sites (N-methyl/N-ethyl adjacent to an activating group) is 1. The van der Waals surface area contributed by atoms with Gasteiger partial charge in [0.2, 0.25) is 0 Å². The van der Waals surface area contributed by atoms with Crippen LogP contribution in [0.3, 0.4) is 0 Å². The van der Waals surface area contributed by atoms with Crippen LogP contribution in [0.5, 0.6) is 0 Å². The Morgan fingerprint density at radius 1 is 1.43 bits per heavy atom. The van der Waals surface area contributed by atoms with Gasteiger partial charge in [-0.25, -0.2) is 0 Å². The third-order valence-electron chi connectivity index (χ3n) is 4.19. The molecule has 1 N–H and O–H groups in total. The molecule has 2 unspecified atom stereocenters. The number of nitrogens with one attached hydrogen (secondary N) is 1. The van der Waals surface area contributed by atoms with Crippen LogP contribution in [0.15, 0.2) is 28.7 Å². The van der Waals surface area contributed by atoms with Crippen LogP contribution in [0, 0.1) is 0 Å². The minimum absolute atomic E-state index is 0.400. The van der Waals surface area contributed by atoms with Crippen LogP contribution in [0.25, 0.3) is 0 Å². The molecule has 0 bridgehead atoms. The molecule has 0 amide bonds. The zero-order chi connectivity index (χ0) is 15.1. The Kier molecular flexibility index (Phi) is 7.17. The summed E-state index contributed by atoms with van der Waals surface area (Å²) >= 11 is 3.55. The standard InChI is InChI=1S/C17H27BrN2O/c1-19-17(14-6-5-7-15(18)12-14)9-10-20(2)13-16-8-3-4-11-21-16/h5-7,12,16-17,19H,3-4,8-11,13H2,1-2H3. The molecular weight excluding hydrogens is 328 g/mol. The summed E-state index contributed by atoms with van der Waals surface area (Å²) in [5.41, 5.74) is 1.34. The number of rotatable bonds is 7. The predicted molar refractivity (Wildman–Crippen MR) is 91.6 cm³/mol. The first-order valence-electron chi connectivity index (χ1n) is 7.92. The monoisotopic (exact) mass is 354 g/mol. The van der Waals surface area contributed by atoms with Crippen LogP contribution < -0.4 is 5.32 Å². The van der Waals surface area contributed by atoms with E-state index in [1.807, 2.05) is 7.05 Å². The van der Waals surface area contributed by atoms with Crippen molar-refractivity contribution in [1.29, 1.82) is 0 Å². The van der Waals surface area contributed by atoms with E-state index < -0.39 is 0 Å². The zero-order valence-electron chi connectivity index (χ0n) is 13.1. The van der Waals surface area contributed by atoms with E-state index in [2.05, 4.69) is 57.5 Å². The van der Waals surface area contributed by atoms with Crippen molar-refractivity contribution >= 4 is 15.9 Å². The first-order chi connectivity index (χ1) is 10.2. The van der Waals surface area contributed by atoms with Gasteiger partial charge in [-0.2, -0.15) is 0 Å². The molecule has 1 aromatic carbocycles. The van der Waals surface area contributed by atoms with Crippen molar-refractivity contribution in [3.63, 3.8) is 0 Å². The molecule has 0 aliphatic carbocycles. The van der Waals surface area contributed by atoms with Crippen molar-refractivity contribution in [2.75, 3.05) is 33.8 Å². The highest BCUT2D eigenvalue weighted by molar-refractivity contribution is 9.10. The maximum absolute atomic E-state index is 5.82. The fourth-order valence-electron chi connectivity index (χ4n) is 2.94. The average molecular weight is 355 g/mol. The summed E-state index contributed by atoms with van der Waals surface area (Å²) in [6, 6.07) is 8.96. The number of halogens is 1. The third kappa shape index (κ3) is 5.70. The Morgan fingerprint density at radius 3 is 2.95 bits per heavy atom. The molecule has 2 atom stereocenters. The van der Waals surface area contributed by atoms with Crippen molar-refractivity contribution in [2.24, 2.45) is 0 Å². The average Bonchev–Trinajstić information content (AvgIpc) is 2.49. The molecule has 2 rings (SSSR count). The minimum Gasteiger partial charge on any atom is -0.377 e. The summed E-state index contributed by atoms with van der Waals surface area (Å²) in [5.74, 6) is 0. The second kappa shape index (κ2) is 8.89. The van der Waals surface area contributed by atoms with Gasteiger partial charge in [-0.15, -0.1) is 0 Å². The van der Waals surface area contributed by atoms with Crippen LogP contribution in [-0.4, -0.2) is 44.8 Å². The topological polar surface area (TPSA) is 24.5 Å². The van der Waals surface area contributed by atoms with Gasteiger partial charge >= 0.3 is 0 Å². The van der Waals surface area contributed by atoms with E-state index in [0.717, 1.165) is 30.6 Å². The van der Waals surface area contributed by atoms with E-state index in [1.165, 1.54) is 24.8 Å². The van der Waals surface area contributed by atoms with Crippen LogP contribution in [0.2, 0.25) is 0 Å². The van der Waals surface area contributed by atoms with Gasteiger partial charge in [0.05, 0.1) is 6.10 Å². The number of ether oxygens (including phenoxy) is 1. The molecule has 1 aliphatic heterocycles. The number of nitrogens with zero attached hydrogens (tertiary/aromatic N) is 1. The van der Waals surface area contributed by atoms with Crippen LogP contribution in [0.4, 0.5) is 0 Å². The molecule has 3 nitrogen and oxygen atoms in total. The number of benzene rings is 1. The summed E-state index contributed by atoms with van der Waals surface area (Å²) in [4.78, 5) is 2.40. The van der Waals surface area contributed by atoms with Crippen LogP contribution in [-0.2, 0) is 4.74 Å². The molecule has 1 heterocycles. The molecule has 118 valence electrons. The van der Waals surface area contributed by atoms with Crippen molar-refractivity contribution in [1.82, 2.24) is 10.2 Å².